The minimum atomic E-state index is -3.52. The number of benzene rings is 1. The van der Waals surface area contributed by atoms with E-state index in [-0.39, 0.29) is 44.4 Å². The number of carbonyl (C=O) groups excluding carboxylic acids is 1. The van der Waals surface area contributed by atoms with Gasteiger partial charge in [-0.15, -0.1) is 0 Å². The second-order valence-corrected chi connectivity index (χ2v) is 9.94. The van der Waals surface area contributed by atoms with E-state index in [2.05, 4.69) is 4.72 Å². The summed E-state index contributed by atoms with van der Waals surface area (Å²) >= 11 is 0. The van der Waals surface area contributed by atoms with Gasteiger partial charge < -0.3 is 19.3 Å². The van der Waals surface area contributed by atoms with Gasteiger partial charge in [-0.1, -0.05) is 6.07 Å². The molecule has 1 aromatic carbocycles. The number of sulfonamides is 1. The lowest BCUT2D eigenvalue weighted by molar-refractivity contribution is -0.139. The quantitative estimate of drug-likeness (QED) is 0.244. The third kappa shape index (κ3) is 11.1. The molecule has 1 aromatic rings. The van der Waals surface area contributed by atoms with Crippen LogP contribution in [0.25, 0.3) is 0 Å². The van der Waals surface area contributed by atoms with E-state index in [1.54, 1.807) is 19.1 Å². The van der Waals surface area contributed by atoms with Gasteiger partial charge in [0.1, 0.15) is 13.3 Å². The van der Waals surface area contributed by atoms with Crippen molar-refractivity contribution < 1.29 is 41.7 Å². The summed E-state index contributed by atoms with van der Waals surface area (Å²) in [5.41, 5.74) is 0.868. The third-order valence-electron chi connectivity index (χ3n) is 4.93. The van der Waals surface area contributed by atoms with E-state index in [4.69, 9.17) is 19.3 Å². The maximum Gasteiger partial charge on any atom is 0.412 e. The molecule has 1 aliphatic carbocycles. The molecule has 0 bridgehead atoms. The Bertz CT molecular complexity index is 908. The number of carbonyl (C=O) groups is 2. The largest absolute Gasteiger partial charge is 0.490 e. The van der Waals surface area contributed by atoms with E-state index in [1.807, 2.05) is 0 Å². The topological polar surface area (TPSA) is 131 Å². The number of halogens is 1. The van der Waals surface area contributed by atoms with E-state index in [9.17, 15) is 22.4 Å². The first-order valence-corrected chi connectivity index (χ1v) is 12.9. The molecule has 192 valence electrons. The number of carboxylic acid groups (broad SMARTS) is 1. The highest BCUT2D eigenvalue weighted by Crippen LogP contribution is 2.30. The zero-order chi connectivity index (χ0) is 25.0. The van der Waals surface area contributed by atoms with Gasteiger partial charge in [0.25, 0.3) is 0 Å². The molecule has 0 radical (unpaired) electrons. The van der Waals surface area contributed by atoms with Crippen molar-refractivity contribution in [3.63, 3.8) is 0 Å². The van der Waals surface area contributed by atoms with Gasteiger partial charge in [-0.25, -0.2) is 22.3 Å². The summed E-state index contributed by atoms with van der Waals surface area (Å²) in [6.07, 6.45) is 2.68. The van der Waals surface area contributed by atoms with Crippen molar-refractivity contribution in [1.82, 2.24) is 9.62 Å². The SMILES string of the molecule is CCOC(=O)N(COCCCS(=O)(=O)NCCCc1ccc(F)c(OCC2CC2)c1)CC(=O)O. The average molecular weight is 505 g/mol. The van der Waals surface area contributed by atoms with Crippen molar-refractivity contribution in [3.8, 4) is 5.75 Å². The zero-order valence-electron chi connectivity index (χ0n) is 19.3. The van der Waals surface area contributed by atoms with Crippen molar-refractivity contribution in [2.24, 2.45) is 5.92 Å². The van der Waals surface area contributed by atoms with Gasteiger partial charge in [-0.2, -0.15) is 0 Å². The average Bonchev–Trinajstić information content (AvgIpc) is 3.60. The Kier molecular flexibility index (Phi) is 11.5. The number of carboxylic acids is 1. The smallest absolute Gasteiger partial charge is 0.412 e. The fourth-order valence-electron chi connectivity index (χ4n) is 2.97. The molecule has 1 fully saturated rings. The highest BCUT2D eigenvalue weighted by atomic mass is 32.2. The van der Waals surface area contributed by atoms with Gasteiger partial charge >= 0.3 is 12.1 Å². The second kappa shape index (κ2) is 14.1. The molecule has 10 nitrogen and oxygen atoms in total. The summed E-state index contributed by atoms with van der Waals surface area (Å²) in [4.78, 5) is 23.4. The molecule has 1 saturated carbocycles. The molecule has 0 unspecified atom stereocenters. The maximum atomic E-state index is 13.9. The van der Waals surface area contributed by atoms with E-state index in [0.717, 1.165) is 23.3 Å². The molecule has 34 heavy (non-hydrogen) atoms. The molecular weight excluding hydrogens is 471 g/mol. The number of hydrogen-bond acceptors (Lipinski definition) is 7. The summed E-state index contributed by atoms with van der Waals surface area (Å²) in [5.74, 6) is -1.05. The van der Waals surface area contributed by atoms with Crippen LogP contribution < -0.4 is 9.46 Å². The summed E-state index contributed by atoms with van der Waals surface area (Å²) in [7, 11) is -3.52. The van der Waals surface area contributed by atoms with E-state index >= 15 is 0 Å². The first-order valence-electron chi connectivity index (χ1n) is 11.3. The number of rotatable bonds is 17. The van der Waals surface area contributed by atoms with Crippen molar-refractivity contribution in [1.29, 1.82) is 0 Å². The fourth-order valence-corrected chi connectivity index (χ4v) is 4.06. The molecule has 0 saturated heterocycles. The number of aliphatic carboxylic acids is 1. The number of amides is 1. The molecule has 1 amide bonds. The van der Waals surface area contributed by atoms with Crippen molar-refractivity contribution in [2.45, 2.75) is 39.0 Å². The number of hydrogen-bond donors (Lipinski definition) is 2. The van der Waals surface area contributed by atoms with Crippen molar-refractivity contribution >= 4 is 22.1 Å². The summed E-state index contributed by atoms with van der Waals surface area (Å²) in [6, 6.07) is 4.68. The second-order valence-electron chi connectivity index (χ2n) is 8.02. The van der Waals surface area contributed by atoms with Gasteiger partial charge in [-0.3, -0.25) is 9.69 Å². The van der Waals surface area contributed by atoms with Gasteiger partial charge in [0.2, 0.25) is 10.0 Å². The Morgan fingerprint density at radius 3 is 2.71 bits per heavy atom. The van der Waals surface area contributed by atoms with Crippen LogP contribution in [0.3, 0.4) is 0 Å². The first kappa shape index (κ1) is 27.8. The van der Waals surface area contributed by atoms with E-state index < -0.39 is 34.4 Å². The number of ether oxygens (including phenoxy) is 3. The third-order valence-corrected chi connectivity index (χ3v) is 6.40. The minimum Gasteiger partial charge on any atom is -0.490 e. The molecule has 0 aliphatic heterocycles. The van der Waals surface area contributed by atoms with Gasteiger partial charge in [0.05, 0.1) is 19.0 Å². The number of nitrogens with one attached hydrogen (secondary N) is 1. The van der Waals surface area contributed by atoms with Crippen molar-refractivity contribution in [2.75, 3.05) is 45.4 Å². The maximum absolute atomic E-state index is 13.9. The van der Waals surface area contributed by atoms with Crippen LogP contribution in [-0.2, 0) is 30.7 Å². The van der Waals surface area contributed by atoms with Crippen LogP contribution >= 0.6 is 0 Å². The lowest BCUT2D eigenvalue weighted by Gasteiger charge is -2.19. The Balaban J connectivity index is 1.63. The lowest BCUT2D eigenvalue weighted by Crippen LogP contribution is -2.38. The van der Waals surface area contributed by atoms with Crippen LogP contribution in [0.15, 0.2) is 18.2 Å². The van der Waals surface area contributed by atoms with Gasteiger partial charge in [0.15, 0.2) is 11.6 Å². The Labute approximate surface area is 199 Å². The molecule has 0 spiro atoms. The number of aryl methyl sites for hydroxylation is 1. The lowest BCUT2D eigenvalue weighted by atomic mass is 10.1. The standard InChI is InChI=1S/C22H33FN2O8S/c1-2-32-22(28)25(14-21(26)27)16-31-11-4-12-34(29,30)24-10-3-5-17-8-9-19(23)20(13-17)33-15-18-6-7-18/h8-9,13,18,24H,2-7,10-12,14-16H2,1H3,(H,26,27). The highest BCUT2D eigenvalue weighted by molar-refractivity contribution is 7.89. The molecule has 1 aliphatic rings. The molecule has 0 aromatic heterocycles. The monoisotopic (exact) mass is 504 g/mol. The predicted octanol–water partition coefficient (Wildman–Crippen LogP) is 2.37. The van der Waals surface area contributed by atoms with Gasteiger partial charge in [0, 0.05) is 13.2 Å². The van der Waals surface area contributed by atoms with Gasteiger partial charge in [-0.05, 0) is 62.6 Å². The minimum absolute atomic E-state index is 0.0235. The Morgan fingerprint density at radius 2 is 2.03 bits per heavy atom. The van der Waals surface area contributed by atoms with Crippen LogP contribution in [0.4, 0.5) is 9.18 Å². The summed E-state index contributed by atoms with van der Waals surface area (Å²) in [5, 5.41) is 8.84. The molecule has 12 heteroatoms. The molecular formula is C22H33FN2O8S. The van der Waals surface area contributed by atoms with Crippen LogP contribution in [0.5, 0.6) is 5.75 Å². The van der Waals surface area contributed by atoms with Crippen LogP contribution in [0, 0.1) is 11.7 Å². The zero-order valence-corrected chi connectivity index (χ0v) is 20.1. The Hall–Kier alpha value is -2.44. The Morgan fingerprint density at radius 1 is 1.26 bits per heavy atom. The molecule has 2 N–H and O–H groups in total. The van der Waals surface area contributed by atoms with Crippen LogP contribution in [-0.4, -0.2) is 75.9 Å². The highest BCUT2D eigenvalue weighted by Gasteiger charge is 2.22. The van der Waals surface area contributed by atoms with Crippen LogP contribution in [0.2, 0.25) is 0 Å². The first-order chi connectivity index (χ1) is 16.2. The summed E-state index contributed by atoms with van der Waals surface area (Å²) < 4.78 is 56.1. The van der Waals surface area contributed by atoms with E-state index in [0.29, 0.717) is 25.4 Å². The van der Waals surface area contributed by atoms with Crippen molar-refractivity contribution in [3.05, 3.63) is 29.6 Å². The predicted molar refractivity (Wildman–Crippen MR) is 122 cm³/mol. The molecule has 2 rings (SSSR count). The normalized spacial score (nSPS) is 13.5. The molecule has 0 atom stereocenters. The summed E-state index contributed by atoms with van der Waals surface area (Å²) in [6.45, 7) is 1.56. The fraction of sp³-hybridized carbons (Fsp3) is 0.636. The van der Waals surface area contributed by atoms with E-state index in [1.165, 1.54) is 6.07 Å². The van der Waals surface area contributed by atoms with Crippen LogP contribution in [0.1, 0.15) is 38.2 Å². The molecule has 0 heterocycles. The number of nitrogens with zero attached hydrogens (tertiary/aromatic N) is 1.